The van der Waals surface area contributed by atoms with Crippen LogP contribution < -0.4 is 11.1 Å². The molecule has 3 N–H and O–H groups in total. The lowest BCUT2D eigenvalue weighted by molar-refractivity contribution is -0.144. The van der Waals surface area contributed by atoms with Gasteiger partial charge in [-0.25, -0.2) is 9.97 Å². The largest absolute Gasteiger partial charge is 0.469 e. The highest BCUT2D eigenvalue weighted by Crippen LogP contribution is 2.27. The molecule has 1 atom stereocenters. The van der Waals surface area contributed by atoms with Crippen molar-refractivity contribution in [3.63, 3.8) is 0 Å². The molecule has 1 unspecified atom stereocenters. The Kier molecular flexibility index (Phi) is 4.35. The zero-order valence-corrected chi connectivity index (χ0v) is 11.3. The van der Waals surface area contributed by atoms with E-state index in [0.29, 0.717) is 12.8 Å². The molecule has 0 fully saturated rings. The van der Waals surface area contributed by atoms with Crippen molar-refractivity contribution in [3.8, 4) is 0 Å². The van der Waals surface area contributed by atoms with Crippen molar-refractivity contribution in [3.05, 3.63) is 36.0 Å². The molecule has 0 saturated carbocycles. The number of furan rings is 1. The monoisotopic (exact) mass is 300 g/mol. The number of aromatic nitrogens is 2. The lowest BCUT2D eigenvalue weighted by Crippen LogP contribution is -2.20. The van der Waals surface area contributed by atoms with Gasteiger partial charge in [0.1, 0.15) is 17.4 Å². The molecule has 0 amide bonds. The molecule has 0 aliphatic rings. The number of nitrogens with one attached hydrogen (secondary N) is 1. The molecule has 2 heterocycles. The third-order valence-corrected chi connectivity index (χ3v) is 2.80. The first-order chi connectivity index (χ1) is 9.84. The molecule has 114 valence electrons. The normalized spacial score (nSPS) is 13.1. The summed E-state index contributed by atoms with van der Waals surface area (Å²) in [5.74, 6) is -0.593. The molecule has 8 heteroatoms. The average Bonchev–Trinajstić information content (AvgIpc) is 2.87. The molecule has 0 bridgehead atoms. The first-order valence-electron chi connectivity index (χ1n) is 6.35. The van der Waals surface area contributed by atoms with Crippen molar-refractivity contribution in [2.45, 2.75) is 32.0 Å². The van der Waals surface area contributed by atoms with Crippen LogP contribution >= 0.6 is 0 Å². The fourth-order valence-electron chi connectivity index (χ4n) is 1.80. The number of alkyl halides is 3. The Labute approximate surface area is 119 Å². The van der Waals surface area contributed by atoms with Crippen LogP contribution in [0, 0.1) is 0 Å². The quantitative estimate of drug-likeness (QED) is 0.887. The van der Waals surface area contributed by atoms with E-state index in [4.69, 9.17) is 10.2 Å². The van der Waals surface area contributed by atoms with Gasteiger partial charge in [-0.05, 0) is 25.5 Å². The van der Waals surface area contributed by atoms with Gasteiger partial charge in [-0.2, -0.15) is 13.2 Å². The van der Waals surface area contributed by atoms with Crippen molar-refractivity contribution < 1.29 is 17.6 Å². The molecule has 5 nitrogen and oxygen atoms in total. The summed E-state index contributed by atoms with van der Waals surface area (Å²) < 4.78 is 43.0. The molecule has 0 radical (unpaired) electrons. The van der Waals surface area contributed by atoms with Crippen molar-refractivity contribution in [2.75, 3.05) is 11.1 Å². The Bertz CT molecular complexity index is 584. The van der Waals surface area contributed by atoms with E-state index >= 15 is 0 Å². The van der Waals surface area contributed by atoms with E-state index in [0.717, 1.165) is 5.76 Å². The lowest BCUT2D eigenvalue weighted by atomic mass is 10.1. The minimum absolute atomic E-state index is 0.0572. The lowest BCUT2D eigenvalue weighted by Gasteiger charge is -2.15. The Morgan fingerprint density at radius 1 is 1.38 bits per heavy atom. The molecular weight excluding hydrogens is 285 g/mol. The second-order valence-electron chi connectivity index (χ2n) is 4.66. The number of nitrogens with zero attached hydrogens (tertiary/aromatic N) is 2. The molecular formula is C13H15F3N4O. The van der Waals surface area contributed by atoms with Gasteiger partial charge < -0.3 is 15.5 Å². The molecule has 0 aromatic carbocycles. The van der Waals surface area contributed by atoms with Gasteiger partial charge in [-0.3, -0.25) is 0 Å². The van der Waals surface area contributed by atoms with Crippen LogP contribution in [0.5, 0.6) is 0 Å². The van der Waals surface area contributed by atoms with Crippen LogP contribution in [0.3, 0.4) is 0 Å². The van der Waals surface area contributed by atoms with E-state index in [1.807, 2.05) is 13.0 Å². The fraction of sp³-hybridized carbons (Fsp3) is 0.385. The smallest absolute Gasteiger partial charge is 0.451 e. The van der Waals surface area contributed by atoms with Gasteiger partial charge in [0.15, 0.2) is 0 Å². The van der Waals surface area contributed by atoms with E-state index in [1.165, 1.54) is 6.07 Å². The topological polar surface area (TPSA) is 77.0 Å². The molecule has 0 aliphatic heterocycles. The predicted octanol–water partition coefficient (Wildman–Crippen LogP) is 3.10. The number of anilines is 2. The molecule has 21 heavy (non-hydrogen) atoms. The number of halogens is 3. The third kappa shape index (κ3) is 4.37. The van der Waals surface area contributed by atoms with E-state index in [-0.39, 0.29) is 17.7 Å². The standard InChI is InChI=1S/C13H15F3N4O/c1-8(4-5-9-3-2-6-21-9)18-11-7-10(17)19-12(20-11)13(14,15)16/h2-3,6-8H,4-5H2,1H3,(H3,17,18,19,20). The number of nitrogens with two attached hydrogens (primary N) is 1. The SMILES string of the molecule is CC(CCc1ccco1)Nc1cc(N)nc(C(F)(F)F)n1. The van der Waals surface area contributed by atoms with Gasteiger partial charge >= 0.3 is 6.18 Å². The second-order valence-corrected chi connectivity index (χ2v) is 4.66. The van der Waals surface area contributed by atoms with Gasteiger partial charge in [0.05, 0.1) is 6.26 Å². The summed E-state index contributed by atoms with van der Waals surface area (Å²) in [5, 5.41) is 2.88. The number of nitrogen functional groups attached to an aromatic ring is 1. The van der Waals surface area contributed by atoms with Gasteiger partial charge in [0, 0.05) is 18.5 Å². The summed E-state index contributed by atoms with van der Waals surface area (Å²) in [6.07, 6.45) is -1.69. The van der Waals surface area contributed by atoms with Crippen LogP contribution in [0.25, 0.3) is 0 Å². The first kappa shape index (κ1) is 15.1. The number of aryl methyl sites for hydroxylation is 1. The van der Waals surface area contributed by atoms with Gasteiger partial charge in [0.2, 0.25) is 5.82 Å². The van der Waals surface area contributed by atoms with Crippen LogP contribution in [0.2, 0.25) is 0 Å². The van der Waals surface area contributed by atoms with Crippen molar-refractivity contribution in [1.82, 2.24) is 9.97 Å². The van der Waals surface area contributed by atoms with E-state index in [1.54, 1.807) is 12.3 Å². The van der Waals surface area contributed by atoms with Crippen LogP contribution in [-0.4, -0.2) is 16.0 Å². The molecule has 0 aliphatic carbocycles. The van der Waals surface area contributed by atoms with E-state index in [2.05, 4.69) is 15.3 Å². The van der Waals surface area contributed by atoms with Crippen LogP contribution in [-0.2, 0) is 12.6 Å². The molecule has 2 aromatic heterocycles. The minimum atomic E-state index is -4.62. The molecule has 0 saturated heterocycles. The fourth-order valence-corrected chi connectivity index (χ4v) is 1.80. The maximum Gasteiger partial charge on any atom is 0.451 e. The zero-order chi connectivity index (χ0) is 15.5. The third-order valence-electron chi connectivity index (χ3n) is 2.80. The molecule has 2 rings (SSSR count). The maximum absolute atomic E-state index is 12.6. The summed E-state index contributed by atoms with van der Waals surface area (Å²) in [4.78, 5) is 6.62. The number of hydrogen-bond donors (Lipinski definition) is 2. The van der Waals surface area contributed by atoms with Crippen LogP contribution in [0.4, 0.5) is 24.8 Å². The summed E-state index contributed by atoms with van der Waals surface area (Å²) in [5.41, 5.74) is 5.38. The average molecular weight is 300 g/mol. The first-order valence-corrected chi connectivity index (χ1v) is 6.35. The zero-order valence-electron chi connectivity index (χ0n) is 11.3. The number of hydrogen-bond acceptors (Lipinski definition) is 5. The van der Waals surface area contributed by atoms with Crippen LogP contribution in [0.15, 0.2) is 28.9 Å². The highest BCUT2D eigenvalue weighted by Gasteiger charge is 2.35. The van der Waals surface area contributed by atoms with Crippen molar-refractivity contribution in [2.24, 2.45) is 0 Å². The van der Waals surface area contributed by atoms with Crippen molar-refractivity contribution in [1.29, 1.82) is 0 Å². The van der Waals surface area contributed by atoms with Crippen LogP contribution in [0.1, 0.15) is 24.9 Å². The van der Waals surface area contributed by atoms with Crippen molar-refractivity contribution >= 4 is 11.6 Å². The summed E-state index contributed by atoms with van der Waals surface area (Å²) in [6.45, 7) is 1.84. The summed E-state index contributed by atoms with van der Waals surface area (Å²) in [6, 6.07) is 4.81. The Hall–Kier alpha value is -2.25. The Morgan fingerprint density at radius 2 is 2.14 bits per heavy atom. The molecule has 2 aromatic rings. The maximum atomic E-state index is 12.6. The van der Waals surface area contributed by atoms with E-state index in [9.17, 15) is 13.2 Å². The van der Waals surface area contributed by atoms with Gasteiger partial charge in [-0.15, -0.1) is 0 Å². The van der Waals surface area contributed by atoms with Gasteiger partial charge in [-0.1, -0.05) is 0 Å². The summed E-state index contributed by atoms with van der Waals surface area (Å²) >= 11 is 0. The molecule has 0 spiro atoms. The number of rotatable bonds is 5. The highest BCUT2D eigenvalue weighted by atomic mass is 19.4. The highest BCUT2D eigenvalue weighted by molar-refractivity contribution is 5.45. The summed E-state index contributed by atoms with van der Waals surface area (Å²) in [7, 11) is 0. The minimum Gasteiger partial charge on any atom is -0.469 e. The Morgan fingerprint density at radius 3 is 2.76 bits per heavy atom. The second kappa shape index (κ2) is 6.02. The van der Waals surface area contributed by atoms with E-state index < -0.39 is 12.0 Å². The Balaban J connectivity index is 2.00. The van der Waals surface area contributed by atoms with Gasteiger partial charge in [0.25, 0.3) is 0 Å². The predicted molar refractivity (Wildman–Crippen MR) is 71.6 cm³/mol.